The molecule has 0 aliphatic carbocycles. The standard InChI is InChI=1S/C11H15N3O/c1-3-14-8(2)10(7-13-14)11-5-4-9(6-12)15-11/h4-5,7H,3,6,12H2,1-2H3. The van der Waals surface area contributed by atoms with E-state index in [1.54, 1.807) is 0 Å². The van der Waals surface area contributed by atoms with Crippen molar-refractivity contribution in [2.75, 3.05) is 0 Å². The Balaban J connectivity index is 2.40. The second-order valence-electron chi connectivity index (χ2n) is 3.43. The van der Waals surface area contributed by atoms with Crippen LogP contribution in [0.5, 0.6) is 0 Å². The lowest BCUT2D eigenvalue weighted by atomic mass is 10.2. The molecule has 2 aromatic heterocycles. The van der Waals surface area contributed by atoms with E-state index in [1.807, 2.05) is 29.9 Å². The number of rotatable bonds is 3. The number of nitrogens with two attached hydrogens (primary N) is 1. The zero-order chi connectivity index (χ0) is 10.8. The Kier molecular flexibility index (Phi) is 2.60. The number of aromatic nitrogens is 2. The normalized spacial score (nSPS) is 10.9. The number of hydrogen-bond donors (Lipinski definition) is 1. The Labute approximate surface area is 88.7 Å². The van der Waals surface area contributed by atoms with E-state index in [4.69, 9.17) is 10.2 Å². The van der Waals surface area contributed by atoms with Crippen molar-refractivity contribution in [3.63, 3.8) is 0 Å². The van der Waals surface area contributed by atoms with Gasteiger partial charge in [-0.15, -0.1) is 0 Å². The third kappa shape index (κ3) is 1.68. The van der Waals surface area contributed by atoms with Gasteiger partial charge in [-0.05, 0) is 26.0 Å². The summed E-state index contributed by atoms with van der Waals surface area (Å²) in [6, 6.07) is 3.84. The molecule has 2 aromatic rings. The molecular weight excluding hydrogens is 190 g/mol. The van der Waals surface area contributed by atoms with Gasteiger partial charge >= 0.3 is 0 Å². The summed E-state index contributed by atoms with van der Waals surface area (Å²) in [6.45, 7) is 5.41. The Morgan fingerprint density at radius 1 is 1.47 bits per heavy atom. The molecule has 80 valence electrons. The first kappa shape index (κ1) is 9.98. The molecule has 0 radical (unpaired) electrons. The number of nitrogens with zero attached hydrogens (tertiary/aromatic N) is 2. The highest BCUT2D eigenvalue weighted by Crippen LogP contribution is 2.24. The number of hydrogen-bond acceptors (Lipinski definition) is 3. The predicted molar refractivity (Wildman–Crippen MR) is 58.2 cm³/mol. The van der Waals surface area contributed by atoms with Crippen molar-refractivity contribution in [1.29, 1.82) is 0 Å². The van der Waals surface area contributed by atoms with E-state index >= 15 is 0 Å². The molecule has 0 unspecified atom stereocenters. The average Bonchev–Trinajstić information content (AvgIpc) is 2.83. The SMILES string of the molecule is CCn1ncc(-c2ccc(CN)o2)c1C. The number of aryl methyl sites for hydroxylation is 1. The van der Waals surface area contributed by atoms with Gasteiger partial charge in [-0.1, -0.05) is 0 Å². The summed E-state index contributed by atoms with van der Waals surface area (Å²) in [5.74, 6) is 1.64. The molecule has 15 heavy (non-hydrogen) atoms. The van der Waals surface area contributed by atoms with Crippen LogP contribution in [0.3, 0.4) is 0 Å². The first-order valence-electron chi connectivity index (χ1n) is 5.07. The lowest BCUT2D eigenvalue weighted by molar-refractivity contribution is 0.525. The summed E-state index contributed by atoms with van der Waals surface area (Å²) in [7, 11) is 0. The maximum atomic E-state index is 5.58. The maximum Gasteiger partial charge on any atom is 0.137 e. The van der Waals surface area contributed by atoms with E-state index in [-0.39, 0.29) is 0 Å². The van der Waals surface area contributed by atoms with Crippen molar-refractivity contribution in [1.82, 2.24) is 9.78 Å². The van der Waals surface area contributed by atoms with Crippen LogP contribution in [-0.2, 0) is 13.1 Å². The van der Waals surface area contributed by atoms with Gasteiger partial charge in [0.2, 0.25) is 0 Å². The van der Waals surface area contributed by atoms with Crippen molar-refractivity contribution >= 4 is 0 Å². The van der Waals surface area contributed by atoms with Crippen molar-refractivity contribution < 1.29 is 4.42 Å². The molecule has 0 saturated heterocycles. The fraction of sp³-hybridized carbons (Fsp3) is 0.364. The van der Waals surface area contributed by atoms with E-state index in [1.165, 1.54) is 0 Å². The van der Waals surface area contributed by atoms with Crippen LogP contribution in [0, 0.1) is 6.92 Å². The number of furan rings is 1. The molecule has 2 N–H and O–H groups in total. The van der Waals surface area contributed by atoms with Gasteiger partial charge in [0.05, 0.1) is 18.3 Å². The highest BCUT2D eigenvalue weighted by Gasteiger charge is 2.10. The van der Waals surface area contributed by atoms with Crippen molar-refractivity contribution in [2.24, 2.45) is 5.73 Å². The molecule has 0 bridgehead atoms. The first-order chi connectivity index (χ1) is 7.26. The zero-order valence-corrected chi connectivity index (χ0v) is 9.03. The molecule has 0 atom stereocenters. The molecule has 2 heterocycles. The summed E-state index contributed by atoms with van der Waals surface area (Å²) < 4.78 is 7.52. The van der Waals surface area contributed by atoms with E-state index < -0.39 is 0 Å². The Morgan fingerprint density at radius 3 is 2.80 bits per heavy atom. The molecule has 0 saturated carbocycles. The molecule has 2 rings (SSSR count). The maximum absolute atomic E-state index is 5.58. The molecule has 0 spiro atoms. The van der Waals surface area contributed by atoms with Crippen molar-refractivity contribution in [3.8, 4) is 11.3 Å². The van der Waals surface area contributed by atoms with E-state index in [0.29, 0.717) is 6.54 Å². The molecule has 0 amide bonds. The highest BCUT2D eigenvalue weighted by molar-refractivity contribution is 5.59. The van der Waals surface area contributed by atoms with Gasteiger partial charge in [0.25, 0.3) is 0 Å². The van der Waals surface area contributed by atoms with E-state index in [0.717, 1.165) is 29.3 Å². The third-order valence-corrected chi connectivity index (χ3v) is 2.53. The minimum atomic E-state index is 0.432. The fourth-order valence-electron chi connectivity index (χ4n) is 1.64. The molecule has 0 aromatic carbocycles. The molecule has 0 aliphatic heterocycles. The third-order valence-electron chi connectivity index (χ3n) is 2.53. The van der Waals surface area contributed by atoms with E-state index in [9.17, 15) is 0 Å². The van der Waals surface area contributed by atoms with Crippen molar-refractivity contribution in [2.45, 2.75) is 26.9 Å². The summed E-state index contributed by atoms with van der Waals surface area (Å²) in [5, 5.41) is 4.27. The largest absolute Gasteiger partial charge is 0.460 e. The Hall–Kier alpha value is -1.55. The molecular formula is C11H15N3O. The van der Waals surface area contributed by atoms with Crippen LogP contribution in [0.2, 0.25) is 0 Å². The zero-order valence-electron chi connectivity index (χ0n) is 9.03. The van der Waals surface area contributed by atoms with Gasteiger partial charge in [-0.2, -0.15) is 5.10 Å². The summed E-state index contributed by atoms with van der Waals surface area (Å²) in [4.78, 5) is 0. The van der Waals surface area contributed by atoms with Crippen LogP contribution in [0.1, 0.15) is 18.4 Å². The monoisotopic (exact) mass is 205 g/mol. The van der Waals surface area contributed by atoms with E-state index in [2.05, 4.69) is 12.0 Å². The minimum Gasteiger partial charge on any atom is -0.460 e. The van der Waals surface area contributed by atoms with Gasteiger partial charge < -0.3 is 10.2 Å². The van der Waals surface area contributed by atoms with Gasteiger partial charge in [-0.25, -0.2) is 0 Å². The van der Waals surface area contributed by atoms with Crippen LogP contribution in [0.15, 0.2) is 22.7 Å². The Bertz CT molecular complexity index is 456. The van der Waals surface area contributed by atoms with Crippen LogP contribution >= 0.6 is 0 Å². The summed E-state index contributed by atoms with van der Waals surface area (Å²) in [5.41, 5.74) is 7.66. The molecule has 0 fully saturated rings. The van der Waals surface area contributed by atoms with Crippen LogP contribution in [-0.4, -0.2) is 9.78 Å². The lowest BCUT2D eigenvalue weighted by Crippen LogP contribution is -1.98. The lowest BCUT2D eigenvalue weighted by Gasteiger charge is -1.99. The fourth-order valence-corrected chi connectivity index (χ4v) is 1.64. The summed E-state index contributed by atoms with van der Waals surface area (Å²) in [6.07, 6.45) is 1.83. The molecule has 4 heteroatoms. The average molecular weight is 205 g/mol. The Morgan fingerprint density at radius 2 is 2.27 bits per heavy atom. The smallest absolute Gasteiger partial charge is 0.137 e. The molecule has 4 nitrogen and oxygen atoms in total. The van der Waals surface area contributed by atoms with Crippen LogP contribution in [0.25, 0.3) is 11.3 Å². The second kappa shape index (κ2) is 3.90. The predicted octanol–water partition coefficient (Wildman–Crippen LogP) is 1.93. The summed E-state index contributed by atoms with van der Waals surface area (Å²) >= 11 is 0. The van der Waals surface area contributed by atoms with Crippen LogP contribution in [0.4, 0.5) is 0 Å². The quantitative estimate of drug-likeness (QED) is 0.833. The van der Waals surface area contributed by atoms with Gasteiger partial charge in [0.15, 0.2) is 0 Å². The highest BCUT2D eigenvalue weighted by atomic mass is 16.3. The first-order valence-corrected chi connectivity index (χ1v) is 5.07. The topological polar surface area (TPSA) is 57.0 Å². The van der Waals surface area contributed by atoms with Crippen LogP contribution < -0.4 is 5.73 Å². The molecule has 0 aliphatic rings. The van der Waals surface area contributed by atoms with Gasteiger partial charge in [0, 0.05) is 12.2 Å². The van der Waals surface area contributed by atoms with Gasteiger partial charge in [0.1, 0.15) is 11.5 Å². The second-order valence-corrected chi connectivity index (χ2v) is 3.43. The van der Waals surface area contributed by atoms with Crippen molar-refractivity contribution in [3.05, 3.63) is 29.8 Å². The van der Waals surface area contributed by atoms with Gasteiger partial charge in [-0.3, -0.25) is 4.68 Å². The minimum absolute atomic E-state index is 0.432.